The molecule has 1 N–H and O–H groups in total. The summed E-state index contributed by atoms with van der Waals surface area (Å²) < 4.78 is 13.1. The monoisotopic (exact) mass is 374 g/mol. The molecule has 1 aromatic heterocycles. The topological polar surface area (TPSA) is 89.7 Å². The minimum Gasteiger partial charge on any atom is -0.493 e. The lowest BCUT2D eigenvalue weighted by molar-refractivity contribution is -0.145. The van der Waals surface area contributed by atoms with Crippen LogP contribution in [0.3, 0.4) is 0 Å². The predicted octanol–water partition coefficient (Wildman–Crippen LogP) is 2.24. The molecule has 1 unspecified atom stereocenters. The summed E-state index contributed by atoms with van der Waals surface area (Å²) in [5.41, 5.74) is 0.964. The summed E-state index contributed by atoms with van der Waals surface area (Å²) >= 11 is 0. The van der Waals surface area contributed by atoms with Crippen molar-refractivity contribution in [1.29, 1.82) is 0 Å². The first-order chi connectivity index (χ1) is 13.0. The molecular formula is C19H26N4O4. The van der Waals surface area contributed by atoms with E-state index in [0.29, 0.717) is 37.7 Å². The first-order valence-electron chi connectivity index (χ1n) is 9.18. The summed E-state index contributed by atoms with van der Waals surface area (Å²) in [4.78, 5) is 13.7. The van der Waals surface area contributed by atoms with Crippen LogP contribution >= 0.6 is 0 Å². The molecule has 0 radical (unpaired) electrons. The minimum absolute atomic E-state index is 0.346. The minimum atomic E-state index is -0.847. The fourth-order valence-corrected chi connectivity index (χ4v) is 3.25. The zero-order chi connectivity index (χ0) is 19.4. The number of fused-ring (bicyclic) bond motifs is 1. The van der Waals surface area contributed by atoms with E-state index in [1.165, 1.54) is 0 Å². The van der Waals surface area contributed by atoms with E-state index in [0.717, 1.165) is 30.1 Å². The maximum absolute atomic E-state index is 11.8. The van der Waals surface area contributed by atoms with E-state index in [1.54, 1.807) is 7.11 Å². The fourth-order valence-electron chi connectivity index (χ4n) is 3.25. The zero-order valence-electron chi connectivity index (χ0n) is 16.0. The van der Waals surface area contributed by atoms with Gasteiger partial charge in [-0.15, -0.1) is 10.2 Å². The van der Waals surface area contributed by atoms with Crippen molar-refractivity contribution in [1.82, 2.24) is 19.7 Å². The van der Waals surface area contributed by atoms with Crippen molar-refractivity contribution in [3.8, 4) is 11.5 Å². The van der Waals surface area contributed by atoms with E-state index in [2.05, 4.69) is 17.1 Å². The molecule has 3 rings (SSSR count). The standard InChI is InChI=1S/C19H26N4O4/c1-4-5-8-27-16-7-6-14(9-17(16)26-3)10-22-12-18-21-20-13(2)23(18)11-15(22)19(24)25/h6-7,9,15H,4-5,8,10-12H2,1-3H3,(H,24,25). The van der Waals surface area contributed by atoms with Crippen LogP contribution in [0.5, 0.6) is 11.5 Å². The van der Waals surface area contributed by atoms with Gasteiger partial charge < -0.3 is 19.1 Å². The Labute approximate surface area is 158 Å². The molecule has 0 amide bonds. The Kier molecular flexibility index (Phi) is 5.95. The van der Waals surface area contributed by atoms with Gasteiger partial charge in [0.1, 0.15) is 17.7 Å². The molecule has 0 spiro atoms. The Bertz CT molecular complexity index is 805. The molecule has 1 atom stereocenters. The second-order valence-corrected chi connectivity index (χ2v) is 6.72. The van der Waals surface area contributed by atoms with Crippen molar-refractivity contribution in [3.63, 3.8) is 0 Å². The molecule has 2 aromatic rings. The van der Waals surface area contributed by atoms with E-state index in [9.17, 15) is 9.90 Å². The molecule has 8 nitrogen and oxygen atoms in total. The number of rotatable bonds is 8. The van der Waals surface area contributed by atoms with Crippen LogP contribution in [0, 0.1) is 6.92 Å². The van der Waals surface area contributed by atoms with Crippen LogP contribution in [0.15, 0.2) is 18.2 Å². The number of nitrogens with zero attached hydrogens (tertiary/aromatic N) is 4. The molecule has 0 aliphatic carbocycles. The Morgan fingerprint density at radius 3 is 2.85 bits per heavy atom. The third kappa shape index (κ3) is 4.21. The van der Waals surface area contributed by atoms with Gasteiger partial charge in [0.15, 0.2) is 11.5 Å². The lowest BCUT2D eigenvalue weighted by Crippen LogP contribution is -2.47. The van der Waals surface area contributed by atoms with Gasteiger partial charge in [-0.3, -0.25) is 9.69 Å². The molecule has 27 heavy (non-hydrogen) atoms. The smallest absolute Gasteiger partial charge is 0.322 e. The number of hydrogen-bond donors (Lipinski definition) is 1. The molecule has 2 heterocycles. The lowest BCUT2D eigenvalue weighted by atomic mass is 10.1. The van der Waals surface area contributed by atoms with Gasteiger partial charge >= 0.3 is 5.97 Å². The molecule has 0 bridgehead atoms. The Balaban J connectivity index is 1.77. The summed E-state index contributed by atoms with van der Waals surface area (Å²) in [5, 5.41) is 17.9. The van der Waals surface area contributed by atoms with Crippen LogP contribution in [-0.2, 0) is 24.4 Å². The SMILES string of the molecule is CCCCOc1ccc(CN2Cc3nnc(C)n3CC2C(=O)O)cc1OC. The van der Waals surface area contributed by atoms with Gasteiger partial charge in [-0.2, -0.15) is 0 Å². The summed E-state index contributed by atoms with van der Waals surface area (Å²) in [6.45, 7) is 5.87. The number of benzene rings is 1. The number of aromatic nitrogens is 3. The van der Waals surface area contributed by atoms with Gasteiger partial charge in [0.25, 0.3) is 0 Å². The van der Waals surface area contributed by atoms with Crippen LogP contribution in [0.2, 0.25) is 0 Å². The van der Waals surface area contributed by atoms with E-state index >= 15 is 0 Å². The second-order valence-electron chi connectivity index (χ2n) is 6.72. The lowest BCUT2D eigenvalue weighted by Gasteiger charge is -2.33. The van der Waals surface area contributed by atoms with Crippen LogP contribution in [-0.4, -0.2) is 50.5 Å². The Morgan fingerprint density at radius 2 is 2.15 bits per heavy atom. The second kappa shape index (κ2) is 8.39. The summed E-state index contributed by atoms with van der Waals surface area (Å²) in [5.74, 6) is 2.05. The predicted molar refractivity (Wildman–Crippen MR) is 98.8 cm³/mol. The first kappa shape index (κ1) is 19.2. The van der Waals surface area contributed by atoms with Crippen molar-refractivity contribution in [2.24, 2.45) is 0 Å². The van der Waals surface area contributed by atoms with Crippen LogP contribution in [0.4, 0.5) is 0 Å². The Hall–Kier alpha value is -2.61. The van der Waals surface area contributed by atoms with Crippen LogP contribution < -0.4 is 9.47 Å². The van der Waals surface area contributed by atoms with E-state index in [-0.39, 0.29) is 0 Å². The molecule has 8 heteroatoms. The van der Waals surface area contributed by atoms with Gasteiger partial charge in [0.05, 0.1) is 26.8 Å². The van der Waals surface area contributed by atoms with Gasteiger partial charge in [0, 0.05) is 6.54 Å². The van der Waals surface area contributed by atoms with Gasteiger partial charge in [-0.25, -0.2) is 0 Å². The fraction of sp³-hybridized carbons (Fsp3) is 0.526. The van der Waals surface area contributed by atoms with Crippen molar-refractivity contribution in [3.05, 3.63) is 35.4 Å². The van der Waals surface area contributed by atoms with Crippen molar-refractivity contribution in [2.75, 3.05) is 13.7 Å². The number of methoxy groups -OCH3 is 1. The number of aliphatic carboxylic acids is 1. The summed E-state index contributed by atoms with van der Waals surface area (Å²) in [6, 6.07) is 5.12. The van der Waals surface area contributed by atoms with Crippen molar-refractivity contribution in [2.45, 2.75) is 52.4 Å². The number of carbonyl (C=O) groups is 1. The normalized spacial score (nSPS) is 16.8. The molecule has 146 valence electrons. The van der Waals surface area contributed by atoms with Crippen molar-refractivity contribution < 1.29 is 19.4 Å². The highest BCUT2D eigenvalue weighted by molar-refractivity contribution is 5.73. The number of carboxylic acid groups (broad SMARTS) is 1. The van der Waals surface area contributed by atoms with E-state index in [1.807, 2.05) is 34.6 Å². The van der Waals surface area contributed by atoms with Crippen LogP contribution in [0.1, 0.15) is 37.0 Å². The molecular weight excluding hydrogens is 348 g/mol. The van der Waals surface area contributed by atoms with Crippen molar-refractivity contribution >= 4 is 5.97 Å². The molecule has 0 fully saturated rings. The van der Waals surface area contributed by atoms with Crippen LogP contribution in [0.25, 0.3) is 0 Å². The number of ether oxygens (including phenoxy) is 2. The van der Waals surface area contributed by atoms with Gasteiger partial charge in [-0.1, -0.05) is 19.4 Å². The first-order valence-corrected chi connectivity index (χ1v) is 9.18. The molecule has 0 saturated carbocycles. The number of carboxylic acids is 1. The largest absolute Gasteiger partial charge is 0.493 e. The average Bonchev–Trinajstić information content (AvgIpc) is 3.02. The number of hydrogen-bond acceptors (Lipinski definition) is 6. The highest BCUT2D eigenvalue weighted by atomic mass is 16.5. The van der Waals surface area contributed by atoms with Gasteiger partial charge in [-0.05, 0) is 31.0 Å². The molecule has 0 saturated heterocycles. The van der Waals surface area contributed by atoms with Gasteiger partial charge in [0.2, 0.25) is 0 Å². The van der Waals surface area contributed by atoms with E-state index in [4.69, 9.17) is 9.47 Å². The number of unbranched alkanes of at least 4 members (excludes halogenated alkanes) is 1. The Morgan fingerprint density at radius 1 is 1.33 bits per heavy atom. The number of aryl methyl sites for hydroxylation is 1. The zero-order valence-corrected chi connectivity index (χ0v) is 16.0. The maximum Gasteiger partial charge on any atom is 0.322 e. The quantitative estimate of drug-likeness (QED) is 0.709. The highest BCUT2D eigenvalue weighted by Gasteiger charge is 2.33. The average molecular weight is 374 g/mol. The highest BCUT2D eigenvalue weighted by Crippen LogP contribution is 2.30. The third-order valence-electron chi connectivity index (χ3n) is 4.81. The molecule has 1 aliphatic heterocycles. The summed E-state index contributed by atoms with van der Waals surface area (Å²) in [7, 11) is 1.61. The van der Waals surface area contributed by atoms with E-state index < -0.39 is 12.0 Å². The third-order valence-corrected chi connectivity index (χ3v) is 4.81. The maximum atomic E-state index is 11.8. The molecule has 1 aromatic carbocycles. The molecule has 1 aliphatic rings. The summed E-state index contributed by atoms with van der Waals surface area (Å²) in [6.07, 6.45) is 2.05.